The molecule has 0 saturated carbocycles. The Bertz CT molecular complexity index is 1200. The SMILES string of the molecule is CCOC(=O)c1cnc2c(ccc3ccccc32)c1Nc1cc(C)ccc1C. The average Bonchev–Trinajstić information content (AvgIpc) is 2.70. The molecule has 0 fully saturated rings. The first-order valence-corrected chi connectivity index (χ1v) is 9.40. The largest absolute Gasteiger partial charge is 0.462 e. The lowest BCUT2D eigenvalue weighted by atomic mass is 10.0. The van der Waals surface area contributed by atoms with Crippen molar-refractivity contribution < 1.29 is 9.53 Å². The molecule has 0 unspecified atom stereocenters. The third kappa shape index (κ3) is 3.18. The van der Waals surface area contributed by atoms with Crippen LogP contribution in [-0.4, -0.2) is 17.6 Å². The van der Waals surface area contributed by atoms with Gasteiger partial charge < -0.3 is 10.1 Å². The number of esters is 1. The molecule has 1 heterocycles. The lowest BCUT2D eigenvalue weighted by molar-refractivity contribution is 0.0527. The fourth-order valence-electron chi connectivity index (χ4n) is 3.44. The van der Waals surface area contributed by atoms with E-state index in [4.69, 9.17) is 4.74 Å². The molecule has 3 aromatic carbocycles. The summed E-state index contributed by atoms with van der Waals surface area (Å²) in [6.45, 7) is 6.22. The molecule has 0 aliphatic heterocycles. The smallest absolute Gasteiger partial charge is 0.341 e. The minimum absolute atomic E-state index is 0.317. The standard InChI is InChI=1S/C24H22N2O2/c1-4-28-24(27)20-14-25-22-18-8-6-5-7-17(18)11-12-19(22)23(20)26-21-13-15(2)9-10-16(21)3/h5-14H,4H2,1-3H3,(H,25,26). The molecule has 4 heteroatoms. The number of fused-ring (bicyclic) bond motifs is 3. The Kier molecular flexibility index (Phi) is 4.70. The molecule has 140 valence electrons. The Morgan fingerprint density at radius 2 is 1.86 bits per heavy atom. The van der Waals surface area contributed by atoms with Crippen LogP contribution in [0.15, 0.2) is 60.8 Å². The highest BCUT2D eigenvalue weighted by atomic mass is 16.5. The third-order valence-corrected chi connectivity index (χ3v) is 4.91. The highest BCUT2D eigenvalue weighted by Crippen LogP contribution is 2.34. The van der Waals surface area contributed by atoms with Crippen molar-refractivity contribution in [3.05, 3.63) is 77.5 Å². The number of ether oxygens (including phenoxy) is 1. The Morgan fingerprint density at radius 1 is 1.04 bits per heavy atom. The van der Waals surface area contributed by atoms with Gasteiger partial charge in [-0.2, -0.15) is 0 Å². The molecule has 0 saturated heterocycles. The second-order valence-electron chi connectivity index (χ2n) is 6.89. The van der Waals surface area contributed by atoms with Gasteiger partial charge in [0.2, 0.25) is 0 Å². The van der Waals surface area contributed by atoms with Crippen LogP contribution in [0.3, 0.4) is 0 Å². The molecular weight excluding hydrogens is 348 g/mol. The van der Waals surface area contributed by atoms with Crippen molar-refractivity contribution in [1.29, 1.82) is 0 Å². The van der Waals surface area contributed by atoms with E-state index in [1.54, 1.807) is 13.1 Å². The number of anilines is 2. The zero-order chi connectivity index (χ0) is 19.7. The summed E-state index contributed by atoms with van der Waals surface area (Å²) in [6, 6.07) is 18.4. The molecular formula is C24H22N2O2. The molecule has 0 atom stereocenters. The topological polar surface area (TPSA) is 51.2 Å². The molecule has 0 amide bonds. The van der Waals surface area contributed by atoms with Gasteiger partial charge in [-0.3, -0.25) is 4.98 Å². The number of hydrogen-bond acceptors (Lipinski definition) is 4. The number of benzene rings is 3. The van der Waals surface area contributed by atoms with Gasteiger partial charge in [0.15, 0.2) is 0 Å². The minimum Gasteiger partial charge on any atom is -0.462 e. The number of carbonyl (C=O) groups excluding carboxylic acids is 1. The van der Waals surface area contributed by atoms with Crippen molar-refractivity contribution in [3.8, 4) is 0 Å². The van der Waals surface area contributed by atoms with Gasteiger partial charge in [0.25, 0.3) is 0 Å². The van der Waals surface area contributed by atoms with Crippen molar-refractivity contribution >= 4 is 39.0 Å². The van der Waals surface area contributed by atoms with E-state index in [-0.39, 0.29) is 5.97 Å². The normalized spacial score (nSPS) is 11.0. The van der Waals surface area contributed by atoms with Crippen molar-refractivity contribution in [1.82, 2.24) is 4.98 Å². The molecule has 0 spiro atoms. The number of nitrogens with zero attached hydrogens (tertiary/aromatic N) is 1. The van der Waals surface area contributed by atoms with Gasteiger partial charge in [0.1, 0.15) is 5.56 Å². The van der Waals surface area contributed by atoms with Crippen LogP contribution in [0.4, 0.5) is 11.4 Å². The molecule has 1 aromatic heterocycles. The van der Waals surface area contributed by atoms with Crippen LogP contribution in [0.25, 0.3) is 21.7 Å². The van der Waals surface area contributed by atoms with Gasteiger partial charge in [-0.1, -0.05) is 48.5 Å². The molecule has 0 bridgehead atoms. The summed E-state index contributed by atoms with van der Waals surface area (Å²) in [5.41, 5.74) is 5.24. The second-order valence-corrected chi connectivity index (χ2v) is 6.89. The molecule has 28 heavy (non-hydrogen) atoms. The molecule has 4 rings (SSSR count). The Hall–Kier alpha value is -3.40. The number of carbonyl (C=O) groups is 1. The maximum Gasteiger partial charge on any atom is 0.341 e. The fourth-order valence-corrected chi connectivity index (χ4v) is 3.44. The number of aromatic nitrogens is 1. The van der Waals surface area contributed by atoms with E-state index < -0.39 is 0 Å². The quantitative estimate of drug-likeness (QED) is 0.357. The molecule has 0 aliphatic rings. The van der Waals surface area contributed by atoms with E-state index >= 15 is 0 Å². The summed E-state index contributed by atoms with van der Waals surface area (Å²) in [5.74, 6) is -0.377. The summed E-state index contributed by atoms with van der Waals surface area (Å²) in [6.07, 6.45) is 1.61. The summed E-state index contributed by atoms with van der Waals surface area (Å²) in [4.78, 5) is 17.2. The molecule has 1 N–H and O–H groups in total. The summed E-state index contributed by atoms with van der Waals surface area (Å²) in [7, 11) is 0. The van der Waals surface area contributed by atoms with Crippen molar-refractivity contribution in [3.63, 3.8) is 0 Å². The van der Waals surface area contributed by atoms with Crippen LogP contribution in [-0.2, 0) is 4.74 Å². The van der Waals surface area contributed by atoms with Crippen LogP contribution in [0.1, 0.15) is 28.4 Å². The minimum atomic E-state index is -0.377. The first kappa shape index (κ1) is 18.0. The van der Waals surface area contributed by atoms with Crippen LogP contribution in [0.2, 0.25) is 0 Å². The van der Waals surface area contributed by atoms with Gasteiger partial charge >= 0.3 is 5.97 Å². The second kappa shape index (κ2) is 7.31. The lowest BCUT2D eigenvalue weighted by Gasteiger charge is -2.17. The highest BCUT2D eigenvalue weighted by Gasteiger charge is 2.18. The van der Waals surface area contributed by atoms with Gasteiger partial charge in [-0.25, -0.2) is 4.79 Å². The fraction of sp³-hybridized carbons (Fsp3) is 0.167. The van der Waals surface area contributed by atoms with Gasteiger partial charge in [-0.05, 0) is 43.4 Å². The van der Waals surface area contributed by atoms with Crippen LogP contribution in [0, 0.1) is 13.8 Å². The van der Waals surface area contributed by atoms with Crippen molar-refractivity contribution in [2.24, 2.45) is 0 Å². The van der Waals surface area contributed by atoms with E-state index in [1.165, 1.54) is 0 Å². The predicted octanol–water partition coefficient (Wildman–Crippen LogP) is 5.93. The summed E-state index contributed by atoms with van der Waals surface area (Å²) in [5, 5.41) is 6.55. The first-order chi connectivity index (χ1) is 13.6. The maximum atomic E-state index is 12.6. The predicted molar refractivity (Wildman–Crippen MR) is 114 cm³/mol. The number of rotatable bonds is 4. The van der Waals surface area contributed by atoms with Crippen LogP contribution in [0.5, 0.6) is 0 Å². The number of nitrogens with one attached hydrogen (secondary N) is 1. The third-order valence-electron chi connectivity index (χ3n) is 4.91. The molecule has 0 radical (unpaired) electrons. The Morgan fingerprint density at radius 3 is 2.68 bits per heavy atom. The Labute approximate surface area is 164 Å². The van der Waals surface area contributed by atoms with Crippen LogP contribution >= 0.6 is 0 Å². The number of hydrogen-bond donors (Lipinski definition) is 1. The van der Waals surface area contributed by atoms with Gasteiger partial charge in [0, 0.05) is 22.7 Å². The highest BCUT2D eigenvalue weighted by molar-refractivity contribution is 6.13. The average molecular weight is 370 g/mol. The van der Waals surface area contributed by atoms with E-state index in [0.717, 1.165) is 44.2 Å². The first-order valence-electron chi connectivity index (χ1n) is 9.40. The lowest BCUT2D eigenvalue weighted by Crippen LogP contribution is -2.09. The van der Waals surface area contributed by atoms with Crippen LogP contribution < -0.4 is 5.32 Å². The number of aryl methyl sites for hydroxylation is 2. The van der Waals surface area contributed by atoms with Crippen molar-refractivity contribution in [2.75, 3.05) is 11.9 Å². The Balaban J connectivity index is 1.98. The van der Waals surface area contributed by atoms with Gasteiger partial charge in [-0.15, -0.1) is 0 Å². The van der Waals surface area contributed by atoms with Gasteiger partial charge in [0.05, 0.1) is 17.8 Å². The zero-order valence-electron chi connectivity index (χ0n) is 16.2. The maximum absolute atomic E-state index is 12.6. The zero-order valence-corrected chi connectivity index (χ0v) is 16.2. The monoisotopic (exact) mass is 370 g/mol. The van der Waals surface area contributed by atoms with E-state index in [2.05, 4.69) is 53.6 Å². The van der Waals surface area contributed by atoms with Crippen molar-refractivity contribution in [2.45, 2.75) is 20.8 Å². The van der Waals surface area contributed by atoms with E-state index in [1.807, 2.05) is 25.1 Å². The molecule has 0 aliphatic carbocycles. The summed E-state index contributed by atoms with van der Waals surface area (Å²) < 4.78 is 5.28. The number of pyridine rings is 1. The molecule has 4 aromatic rings. The van der Waals surface area contributed by atoms with E-state index in [0.29, 0.717) is 12.2 Å². The van der Waals surface area contributed by atoms with E-state index in [9.17, 15) is 4.79 Å². The summed E-state index contributed by atoms with van der Waals surface area (Å²) >= 11 is 0. The molecule has 4 nitrogen and oxygen atoms in total.